The van der Waals surface area contributed by atoms with Crippen LogP contribution in [0.2, 0.25) is 0 Å². The zero-order chi connectivity index (χ0) is 24.5. The van der Waals surface area contributed by atoms with Crippen molar-refractivity contribution in [2.45, 2.75) is 52.8 Å². The molecule has 34 heavy (non-hydrogen) atoms. The van der Waals surface area contributed by atoms with Crippen LogP contribution in [0.25, 0.3) is 5.69 Å². The van der Waals surface area contributed by atoms with E-state index in [1.807, 2.05) is 66.2 Å². The van der Waals surface area contributed by atoms with Gasteiger partial charge in [0.05, 0.1) is 36.8 Å². The lowest BCUT2D eigenvalue weighted by molar-refractivity contribution is 0.0131. The third kappa shape index (κ3) is 6.59. The van der Waals surface area contributed by atoms with Gasteiger partial charge in [0.25, 0.3) is 0 Å². The van der Waals surface area contributed by atoms with Crippen molar-refractivity contribution in [3.63, 3.8) is 0 Å². The third-order valence-electron chi connectivity index (χ3n) is 5.68. The predicted octanol–water partition coefficient (Wildman–Crippen LogP) is 4.84. The number of hydrogen-bond donors (Lipinski definition) is 1. The summed E-state index contributed by atoms with van der Waals surface area (Å²) in [6.07, 6.45) is 0.198. The first-order valence-corrected chi connectivity index (χ1v) is 11.9. The van der Waals surface area contributed by atoms with E-state index >= 15 is 0 Å². The Morgan fingerprint density at radius 1 is 1.00 bits per heavy atom. The van der Waals surface area contributed by atoms with Crippen LogP contribution < -0.4 is 9.47 Å². The summed E-state index contributed by atoms with van der Waals surface area (Å²) in [5.41, 5.74) is 2.91. The van der Waals surface area contributed by atoms with Gasteiger partial charge < -0.3 is 19.3 Å². The number of rotatable bonds is 13. The minimum absolute atomic E-state index is 0.217. The lowest BCUT2D eigenvalue weighted by Gasteiger charge is -2.29. The van der Waals surface area contributed by atoms with Gasteiger partial charge in [-0.05, 0) is 63.6 Å². The summed E-state index contributed by atoms with van der Waals surface area (Å²) in [4.78, 5) is 2.23. The molecule has 3 aromatic rings. The molecule has 0 saturated heterocycles. The van der Waals surface area contributed by atoms with Crippen molar-refractivity contribution in [2.75, 3.05) is 26.9 Å². The number of ether oxygens (including phenoxy) is 3. The maximum absolute atomic E-state index is 10.5. The maximum atomic E-state index is 10.5. The normalized spacial score (nSPS) is 12.4. The molecule has 7 nitrogen and oxygen atoms in total. The van der Waals surface area contributed by atoms with E-state index in [1.54, 1.807) is 7.11 Å². The van der Waals surface area contributed by atoms with Crippen LogP contribution in [0.5, 0.6) is 17.4 Å². The molecule has 2 aromatic carbocycles. The molecule has 1 atom stereocenters. The van der Waals surface area contributed by atoms with Gasteiger partial charge in [0.15, 0.2) is 0 Å². The molecule has 0 aliphatic heterocycles. The highest BCUT2D eigenvalue weighted by molar-refractivity contribution is 5.44. The highest BCUT2D eigenvalue weighted by Crippen LogP contribution is 2.33. The second-order valence-electron chi connectivity index (χ2n) is 8.45. The number of aryl methyl sites for hydroxylation is 1. The molecule has 0 unspecified atom stereocenters. The Labute approximate surface area is 202 Å². The topological polar surface area (TPSA) is 69.0 Å². The van der Waals surface area contributed by atoms with Crippen molar-refractivity contribution < 1.29 is 19.3 Å². The monoisotopic (exact) mass is 467 g/mol. The first-order chi connectivity index (χ1) is 16.5. The molecule has 0 amide bonds. The fraction of sp³-hybridized carbons (Fsp3) is 0.444. The molecular weight excluding hydrogens is 430 g/mol. The van der Waals surface area contributed by atoms with Crippen molar-refractivity contribution >= 4 is 0 Å². The number of nitrogens with zero attached hydrogens (tertiary/aromatic N) is 3. The smallest absolute Gasteiger partial charge is 0.227 e. The first-order valence-electron chi connectivity index (χ1n) is 11.9. The predicted molar refractivity (Wildman–Crippen MR) is 134 cm³/mol. The number of hydrogen-bond acceptors (Lipinski definition) is 6. The fourth-order valence-corrected chi connectivity index (χ4v) is 3.76. The van der Waals surface area contributed by atoms with Gasteiger partial charge in [-0.3, -0.25) is 4.90 Å². The molecule has 184 valence electrons. The van der Waals surface area contributed by atoms with Crippen LogP contribution in [0.1, 0.15) is 39.0 Å². The number of aliphatic hydroxyl groups is 1. The van der Waals surface area contributed by atoms with Gasteiger partial charge in [0, 0.05) is 25.7 Å². The molecule has 0 spiro atoms. The molecule has 7 heteroatoms. The quantitative estimate of drug-likeness (QED) is 0.388. The van der Waals surface area contributed by atoms with Crippen LogP contribution in [0.3, 0.4) is 0 Å². The van der Waals surface area contributed by atoms with E-state index < -0.39 is 6.10 Å². The van der Waals surface area contributed by atoms with E-state index in [-0.39, 0.29) is 6.04 Å². The van der Waals surface area contributed by atoms with E-state index in [0.29, 0.717) is 37.9 Å². The minimum atomic E-state index is -0.567. The highest BCUT2D eigenvalue weighted by atomic mass is 16.5. The van der Waals surface area contributed by atoms with Gasteiger partial charge in [-0.1, -0.05) is 25.1 Å². The zero-order valence-electron chi connectivity index (χ0n) is 20.9. The second kappa shape index (κ2) is 12.6. The average molecular weight is 468 g/mol. The third-order valence-corrected chi connectivity index (χ3v) is 5.68. The summed E-state index contributed by atoms with van der Waals surface area (Å²) in [6.45, 7) is 10.3. The van der Waals surface area contributed by atoms with Crippen molar-refractivity contribution in [2.24, 2.45) is 0 Å². The van der Waals surface area contributed by atoms with Gasteiger partial charge >= 0.3 is 0 Å². The van der Waals surface area contributed by atoms with Crippen LogP contribution in [0, 0.1) is 0 Å². The van der Waals surface area contributed by atoms with Crippen molar-refractivity contribution in [3.8, 4) is 23.1 Å². The maximum Gasteiger partial charge on any atom is 0.227 e. The van der Waals surface area contributed by atoms with Crippen LogP contribution >= 0.6 is 0 Å². The summed E-state index contributed by atoms with van der Waals surface area (Å²) < 4.78 is 19.0. The molecule has 1 heterocycles. The SMILES string of the molecule is CCOC[C@@H](O)CN(Cc1c(CC)nn(-c2ccccc2)c1Oc1ccc(OC)cc1)C(C)C. The van der Waals surface area contributed by atoms with Crippen molar-refractivity contribution in [1.82, 2.24) is 14.7 Å². The standard InChI is InChI=1S/C27H37N3O4/c1-6-26-25(18-29(20(3)4)17-22(31)19-33-7-2)27(30(28-26)21-11-9-8-10-12-21)34-24-15-13-23(32-5)14-16-24/h8-16,20,22,31H,6-7,17-19H2,1-5H3/t22-/m0/s1. The minimum Gasteiger partial charge on any atom is -0.497 e. The molecule has 3 rings (SSSR count). The Kier molecular flexibility index (Phi) is 9.51. The Balaban J connectivity index is 2.00. The average Bonchev–Trinajstić information content (AvgIpc) is 3.20. The van der Waals surface area contributed by atoms with Gasteiger partial charge in [0.1, 0.15) is 11.5 Å². The lowest BCUT2D eigenvalue weighted by atomic mass is 10.1. The summed E-state index contributed by atoms with van der Waals surface area (Å²) in [5, 5.41) is 15.4. The van der Waals surface area contributed by atoms with E-state index in [9.17, 15) is 5.11 Å². The summed E-state index contributed by atoms with van der Waals surface area (Å²) in [5.74, 6) is 2.15. The number of aliphatic hydroxyl groups excluding tert-OH is 1. The number of para-hydroxylation sites is 1. The molecule has 0 radical (unpaired) electrons. The van der Waals surface area contributed by atoms with Crippen LogP contribution in [-0.2, 0) is 17.7 Å². The lowest BCUT2D eigenvalue weighted by Crippen LogP contribution is -2.39. The van der Waals surface area contributed by atoms with Crippen LogP contribution in [-0.4, -0.2) is 58.8 Å². The first kappa shape index (κ1) is 25.7. The summed E-state index contributed by atoms with van der Waals surface area (Å²) in [6, 6.07) is 17.8. The molecule has 0 aliphatic carbocycles. The molecular formula is C27H37N3O4. The number of methoxy groups -OCH3 is 1. The molecule has 0 aliphatic rings. The summed E-state index contributed by atoms with van der Waals surface area (Å²) >= 11 is 0. The van der Waals surface area contributed by atoms with Crippen molar-refractivity contribution in [1.29, 1.82) is 0 Å². The molecule has 1 aromatic heterocycles. The van der Waals surface area contributed by atoms with Gasteiger partial charge in [-0.15, -0.1) is 0 Å². The summed E-state index contributed by atoms with van der Waals surface area (Å²) in [7, 11) is 1.65. The van der Waals surface area contributed by atoms with Gasteiger partial charge in [-0.2, -0.15) is 5.10 Å². The van der Waals surface area contributed by atoms with Gasteiger partial charge in [-0.25, -0.2) is 4.68 Å². The molecule has 1 N–H and O–H groups in total. The molecule has 0 fully saturated rings. The second-order valence-corrected chi connectivity index (χ2v) is 8.45. The van der Waals surface area contributed by atoms with Crippen LogP contribution in [0.15, 0.2) is 54.6 Å². The van der Waals surface area contributed by atoms with E-state index in [2.05, 4.69) is 25.7 Å². The van der Waals surface area contributed by atoms with E-state index in [4.69, 9.17) is 19.3 Å². The molecule has 0 bridgehead atoms. The van der Waals surface area contributed by atoms with Crippen molar-refractivity contribution in [3.05, 3.63) is 65.9 Å². The number of aromatic nitrogens is 2. The Hall–Kier alpha value is -2.87. The largest absolute Gasteiger partial charge is 0.497 e. The highest BCUT2D eigenvalue weighted by Gasteiger charge is 2.25. The fourth-order valence-electron chi connectivity index (χ4n) is 3.76. The van der Waals surface area contributed by atoms with Gasteiger partial charge in [0.2, 0.25) is 5.88 Å². The Morgan fingerprint density at radius 2 is 1.68 bits per heavy atom. The van der Waals surface area contributed by atoms with E-state index in [0.717, 1.165) is 29.1 Å². The van der Waals surface area contributed by atoms with Crippen LogP contribution in [0.4, 0.5) is 0 Å². The Morgan fingerprint density at radius 3 is 2.26 bits per heavy atom. The zero-order valence-corrected chi connectivity index (χ0v) is 20.9. The Bertz CT molecular complexity index is 1000. The molecule has 0 saturated carbocycles. The number of benzene rings is 2. The van der Waals surface area contributed by atoms with E-state index in [1.165, 1.54) is 0 Å².